The summed E-state index contributed by atoms with van der Waals surface area (Å²) < 4.78 is 37.5. The normalized spacial score (nSPS) is 12.8. The maximum atomic E-state index is 12.5. The average Bonchev–Trinajstić information content (AvgIpc) is 2.34. The summed E-state index contributed by atoms with van der Waals surface area (Å²) in [5.74, 6) is -1.80. The van der Waals surface area contributed by atoms with Crippen LogP contribution in [-0.4, -0.2) is 23.0 Å². The van der Waals surface area contributed by atoms with Crippen LogP contribution in [0.4, 0.5) is 13.2 Å². The summed E-state index contributed by atoms with van der Waals surface area (Å²) in [5, 5.41) is 11.0. The summed E-state index contributed by atoms with van der Waals surface area (Å²) in [4.78, 5) is 22.3. The first-order valence-electron chi connectivity index (χ1n) is 5.92. The Balaban J connectivity index is 2.74. The van der Waals surface area contributed by atoms with Gasteiger partial charge in [0.1, 0.15) is 6.04 Å². The number of carboxylic acids is 1. The summed E-state index contributed by atoms with van der Waals surface area (Å²) in [7, 11) is 0. The number of hydrogen-bond donors (Lipinski definition) is 2. The van der Waals surface area contributed by atoms with Crippen LogP contribution in [0.1, 0.15) is 24.5 Å². The number of nitrogens with one attached hydrogen (secondary N) is 1. The molecule has 0 aliphatic rings. The molecular weight excluding hydrogens is 275 g/mol. The molecule has 110 valence electrons. The maximum Gasteiger partial charge on any atom is 0.416 e. The van der Waals surface area contributed by atoms with Crippen LogP contribution in [0.2, 0.25) is 0 Å². The Morgan fingerprint density at radius 3 is 2.50 bits per heavy atom. The van der Waals surface area contributed by atoms with Crippen molar-refractivity contribution < 1.29 is 27.9 Å². The molecule has 0 spiro atoms. The molecule has 0 unspecified atom stereocenters. The van der Waals surface area contributed by atoms with Crippen LogP contribution in [0.5, 0.6) is 0 Å². The van der Waals surface area contributed by atoms with E-state index in [2.05, 4.69) is 5.32 Å². The van der Waals surface area contributed by atoms with Gasteiger partial charge in [0.25, 0.3) is 0 Å². The minimum absolute atomic E-state index is 0.178. The first-order chi connectivity index (χ1) is 9.24. The standard InChI is InChI=1S/C13H14F3NO3/c1-2-10(12(19)20)17-11(18)7-8-4-3-5-9(6-8)13(14,15)16/h3-6,10H,2,7H2,1H3,(H,17,18)(H,19,20)/t10-/m1/s1. The van der Waals surface area contributed by atoms with E-state index >= 15 is 0 Å². The van der Waals surface area contributed by atoms with Gasteiger partial charge in [-0.05, 0) is 18.1 Å². The van der Waals surface area contributed by atoms with E-state index in [9.17, 15) is 22.8 Å². The second-order valence-electron chi connectivity index (χ2n) is 4.24. The van der Waals surface area contributed by atoms with E-state index in [1.165, 1.54) is 12.1 Å². The number of benzene rings is 1. The van der Waals surface area contributed by atoms with Gasteiger partial charge in [-0.1, -0.05) is 25.1 Å². The molecule has 2 N–H and O–H groups in total. The molecule has 0 radical (unpaired) electrons. The lowest BCUT2D eigenvalue weighted by Crippen LogP contribution is -2.40. The molecule has 0 aromatic heterocycles. The van der Waals surface area contributed by atoms with Crippen molar-refractivity contribution in [2.75, 3.05) is 0 Å². The zero-order valence-electron chi connectivity index (χ0n) is 10.7. The lowest BCUT2D eigenvalue weighted by atomic mass is 10.1. The number of carboxylic acid groups (broad SMARTS) is 1. The number of carbonyl (C=O) groups excluding carboxylic acids is 1. The molecule has 1 amide bonds. The summed E-state index contributed by atoms with van der Waals surface area (Å²) >= 11 is 0. The van der Waals surface area contributed by atoms with Crippen molar-refractivity contribution in [3.63, 3.8) is 0 Å². The van der Waals surface area contributed by atoms with Crippen LogP contribution in [0.15, 0.2) is 24.3 Å². The van der Waals surface area contributed by atoms with Crippen molar-refractivity contribution in [3.05, 3.63) is 35.4 Å². The lowest BCUT2D eigenvalue weighted by Gasteiger charge is -2.13. The minimum atomic E-state index is -4.47. The number of hydrogen-bond acceptors (Lipinski definition) is 2. The van der Waals surface area contributed by atoms with Gasteiger partial charge in [0.15, 0.2) is 0 Å². The molecule has 0 aliphatic heterocycles. The van der Waals surface area contributed by atoms with Crippen molar-refractivity contribution >= 4 is 11.9 Å². The molecule has 0 heterocycles. The molecule has 0 saturated heterocycles. The Morgan fingerprint density at radius 1 is 1.35 bits per heavy atom. The van der Waals surface area contributed by atoms with Crippen LogP contribution in [0.3, 0.4) is 0 Å². The van der Waals surface area contributed by atoms with Gasteiger partial charge in [-0.15, -0.1) is 0 Å². The maximum absolute atomic E-state index is 12.5. The summed E-state index contributed by atoms with van der Waals surface area (Å²) in [5.41, 5.74) is -0.661. The molecule has 4 nitrogen and oxygen atoms in total. The Morgan fingerprint density at radius 2 is 2.00 bits per heavy atom. The van der Waals surface area contributed by atoms with Gasteiger partial charge in [-0.2, -0.15) is 13.2 Å². The summed E-state index contributed by atoms with van der Waals surface area (Å²) in [6, 6.07) is 3.35. The molecule has 1 aromatic rings. The van der Waals surface area contributed by atoms with E-state index in [4.69, 9.17) is 5.11 Å². The SMILES string of the molecule is CC[C@@H](NC(=O)Cc1cccc(C(F)(F)F)c1)C(=O)O. The van der Waals surface area contributed by atoms with Crippen molar-refractivity contribution in [1.29, 1.82) is 0 Å². The second kappa shape index (κ2) is 6.40. The lowest BCUT2D eigenvalue weighted by molar-refractivity contribution is -0.141. The van der Waals surface area contributed by atoms with Gasteiger partial charge in [-0.25, -0.2) is 4.79 Å². The molecule has 20 heavy (non-hydrogen) atoms. The van der Waals surface area contributed by atoms with Crippen molar-refractivity contribution in [3.8, 4) is 0 Å². The average molecular weight is 289 g/mol. The van der Waals surface area contributed by atoms with E-state index in [1.54, 1.807) is 6.92 Å². The third-order valence-electron chi connectivity index (χ3n) is 2.66. The van der Waals surface area contributed by atoms with E-state index in [0.29, 0.717) is 0 Å². The smallest absolute Gasteiger partial charge is 0.416 e. The number of rotatable bonds is 5. The van der Waals surface area contributed by atoms with Crippen molar-refractivity contribution in [2.24, 2.45) is 0 Å². The van der Waals surface area contributed by atoms with Crippen LogP contribution in [0.25, 0.3) is 0 Å². The Labute approximate surface area is 113 Å². The fourth-order valence-electron chi connectivity index (χ4n) is 1.63. The zero-order valence-corrected chi connectivity index (χ0v) is 10.7. The summed E-state index contributed by atoms with van der Waals surface area (Å²) in [6.07, 6.45) is -4.57. The number of amides is 1. The van der Waals surface area contributed by atoms with E-state index in [0.717, 1.165) is 12.1 Å². The largest absolute Gasteiger partial charge is 0.480 e. The Bertz CT molecular complexity index is 500. The van der Waals surface area contributed by atoms with Crippen LogP contribution in [-0.2, 0) is 22.2 Å². The zero-order chi connectivity index (χ0) is 15.3. The molecule has 0 fully saturated rings. The highest BCUT2D eigenvalue weighted by atomic mass is 19.4. The fraction of sp³-hybridized carbons (Fsp3) is 0.385. The first kappa shape index (κ1) is 16.0. The van der Waals surface area contributed by atoms with E-state index in [-0.39, 0.29) is 18.4 Å². The molecule has 7 heteroatoms. The molecule has 0 aliphatic carbocycles. The number of halogens is 3. The number of carbonyl (C=O) groups is 2. The molecule has 1 rings (SSSR count). The molecular formula is C13H14F3NO3. The van der Waals surface area contributed by atoms with Crippen molar-refractivity contribution in [2.45, 2.75) is 32.0 Å². The van der Waals surface area contributed by atoms with Gasteiger partial charge in [0.05, 0.1) is 12.0 Å². The Kier molecular flexibility index (Phi) is 5.12. The molecule has 0 saturated carbocycles. The highest BCUT2D eigenvalue weighted by Gasteiger charge is 2.30. The first-order valence-corrected chi connectivity index (χ1v) is 5.92. The van der Waals surface area contributed by atoms with E-state index in [1.807, 2.05) is 0 Å². The predicted molar refractivity (Wildman–Crippen MR) is 65.0 cm³/mol. The predicted octanol–water partition coefficient (Wildman–Crippen LogP) is 2.23. The van der Waals surface area contributed by atoms with Gasteiger partial charge in [0, 0.05) is 0 Å². The Hall–Kier alpha value is -2.05. The van der Waals surface area contributed by atoms with Crippen LogP contribution < -0.4 is 5.32 Å². The monoisotopic (exact) mass is 289 g/mol. The van der Waals surface area contributed by atoms with Gasteiger partial charge < -0.3 is 10.4 Å². The number of alkyl halides is 3. The van der Waals surface area contributed by atoms with Crippen molar-refractivity contribution in [1.82, 2.24) is 5.32 Å². The highest BCUT2D eigenvalue weighted by Crippen LogP contribution is 2.29. The third-order valence-corrected chi connectivity index (χ3v) is 2.66. The van der Waals surface area contributed by atoms with Gasteiger partial charge in [0.2, 0.25) is 5.91 Å². The quantitative estimate of drug-likeness (QED) is 0.873. The topological polar surface area (TPSA) is 66.4 Å². The fourth-order valence-corrected chi connectivity index (χ4v) is 1.63. The van der Waals surface area contributed by atoms with Crippen LogP contribution in [0, 0.1) is 0 Å². The molecule has 1 aromatic carbocycles. The minimum Gasteiger partial charge on any atom is -0.480 e. The second-order valence-corrected chi connectivity index (χ2v) is 4.24. The van der Waals surface area contributed by atoms with E-state index < -0.39 is 29.7 Å². The summed E-state index contributed by atoms with van der Waals surface area (Å²) in [6.45, 7) is 1.59. The highest BCUT2D eigenvalue weighted by molar-refractivity contribution is 5.84. The van der Waals surface area contributed by atoms with Gasteiger partial charge in [-0.3, -0.25) is 4.79 Å². The number of aliphatic carboxylic acids is 1. The van der Waals surface area contributed by atoms with Gasteiger partial charge >= 0.3 is 12.1 Å². The molecule has 1 atom stereocenters. The third kappa shape index (κ3) is 4.56. The molecule has 0 bridgehead atoms. The van der Waals surface area contributed by atoms with Crippen LogP contribution >= 0.6 is 0 Å².